The van der Waals surface area contributed by atoms with Crippen LogP contribution in [0.2, 0.25) is 0 Å². The fraction of sp³-hybridized carbons (Fsp3) is 0.222. The van der Waals surface area contributed by atoms with Crippen molar-refractivity contribution in [1.82, 2.24) is 4.98 Å². The van der Waals surface area contributed by atoms with Crippen molar-refractivity contribution in [3.63, 3.8) is 0 Å². The number of fused-ring (bicyclic) bond motifs is 3. The number of aliphatic imine (C=N–C) groups is 2. The molecule has 1 aromatic rings. The van der Waals surface area contributed by atoms with Crippen LogP contribution in [0.3, 0.4) is 0 Å². The molecule has 0 fully saturated rings. The van der Waals surface area contributed by atoms with Crippen LogP contribution in [0, 0.1) is 0 Å². The van der Waals surface area contributed by atoms with E-state index in [0.717, 1.165) is 10.6 Å². The number of aromatic nitrogens is 1. The predicted molar refractivity (Wildman–Crippen MR) is 58.4 cm³/mol. The van der Waals surface area contributed by atoms with Crippen LogP contribution in [0.1, 0.15) is 11.6 Å². The molecule has 0 aliphatic carbocycles. The quantitative estimate of drug-likeness (QED) is 0.677. The first-order valence-electron chi connectivity index (χ1n) is 4.22. The predicted octanol–water partition coefficient (Wildman–Crippen LogP) is 2.28. The van der Waals surface area contributed by atoms with E-state index in [1.54, 1.807) is 18.0 Å². The Morgan fingerprint density at radius 1 is 1.43 bits per heavy atom. The molecule has 3 heterocycles. The topological polar surface area (TPSA) is 37.6 Å². The molecular formula is C9H6ClN3S. The van der Waals surface area contributed by atoms with Gasteiger partial charge in [-0.3, -0.25) is 4.99 Å². The molecular weight excluding hydrogens is 218 g/mol. The zero-order chi connectivity index (χ0) is 9.54. The molecule has 2 aliphatic heterocycles. The van der Waals surface area contributed by atoms with Crippen LogP contribution in [0.15, 0.2) is 33.3 Å². The average Bonchev–Trinajstić information content (AvgIpc) is 2.59. The minimum atomic E-state index is 0.105. The fourth-order valence-corrected chi connectivity index (χ4v) is 3.13. The van der Waals surface area contributed by atoms with E-state index >= 15 is 0 Å². The third-order valence-corrected chi connectivity index (χ3v) is 4.05. The average molecular weight is 224 g/mol. The molecule has 0 amide bonds. The summed E-state index contributed by atoms with van der Waals surface area (Å²) < 4.78 is 0. The van der Waals surface area contributed by atoms with Crippen LogP contribution in [0.5, 0.6) is 0 Å². The second-order valence-electron chi connectivity index (χ2n) is 3.10. The van der Waals surface area contributed by atoms with Gasteiger partial charge in [0.25, 0.3) is 0 Å². The number of thioether (sulfide) groups is 1. The number of rotatable bonds is 0. The Kier molecular flexibility index (Phi) is 1.85. The number of nitrogens with zero attached hydrogens (tertiary/aromatic N) is 3. The van der Waals surface area contributed by atoms with Gasteiger partial charge < -0.3 is 0 Å². The molecule has 5 heteroatoms. The summed E-state index contributed by atoms with van der Waals surface area (Å²) in [7, 11) is 0. The summed E-state index contributed by atoms with van der Waals surface area (Å²) in [6.07, 6.45) is 3.32. The summed E-state index contributed by atoms with van der Waals surface area (Å²) in [4.78, 5) is 12.6. The molecule has 2 aliphatic rings. The van der Waals surface area contributed by atoms with Gasteiger partial charge in [0.1, 0.15) is 16.5 Å². The molecule has 0 saturated heterocycles. The summed E-state index contributed by atoms with van der Waals surface area (Å²) in [6.45, 7) is 0. The van der Waals surface area contributed by atoms with E-state index in [4.69, 9.17) is 11.6 Å². The van der Waals surface area contributed by atoms with E-state index in [9.17, 15) is 0 Å². The van der Waals surface area contributed by atoms with Gasteiger partial charge in [0.2, 0.25) is 0 Å². The van der Waals surface area contributed by atoms with Gasteiger partial charge in [-0.15, -0.1) is 0 Å². The number of halogens is 1. The van der Waals surface area contributed by atoms with E-state index in [-0.39, 0.29) is 11.3 Å². The lowest BCUT2D eigenvalue weighted by Gasteiger charge is -2.15. The maximum atomic E-state index is 6.02. The fourth-order valence-electron chi connectivity index (χ4n) is 1.65. The van der Waals surface area contributed by atoms with E-state index in [0.29, 0.717) is 5.17 Å². The number of pyridine rings is 1. The minimum Gasteiger partial charge on any atom is -0.264 e. The van der Waals surface area contributed by atoms with E-state index in [1.165, 1.54) is 6.34 Å². The van der Waals surface area contributed by atoms with Gasteiger partial charge in [0.05, 0.1) is 11.3 Å². The molecule has 0 bridgehead atoms. The van der Waals surface area contributed by atoms with E-state index < -0.39 is 0 Å². The highest BCUT2D eigenvalue weighted by Crippen LogP contribution is 2.46. The van der Waals surface area contributed by atoms with Gasteiger partial charge in [0.15, 0.2) is 0 Å². The van der Waals surface area contributed by atoms with Crippen molar-refractivity contribution >= 4 is 34.9 Å². The van der Waals surface area contributed by atoms with Crippen LogP contribution in [0.25, 0.3) is 0 Å². The van der Waals surface area contributed by atoms with E-state index in [1.807, 2.05) is 12.1 Å². The van der Waals surface area contributed by atoms with Crippen molar-refractivity contribution in [3.05, 3.63) is 23.9 Å². The molecule has 3 rings (SSSR count). The van der Waals surface area contributed by atoms with Crippen LogP contribution >= 0.6 is 23.4 Å². The SMILES string of the molecule is ClC1=NC=NC2c3cccnc3SC12. The Hall–Kier alpha value is -0.870. The van der Waals surface area contributed by atoms with Crippen molar-refractivity contribution in [2.24, 2.45) is 9.98 Å². The molecule has 14 heavy (non-hydrogen) atoms. The lowest BCUT2D eigenvalue weighted by atomic mass is 10.1. The molecule has 2 atom stereocenters. The normalized spacial score (nSPS) is 28.2. The third kappa shape index (κ3) is 1.11. The first kappa shape index (κ1) is 8.44. The maximum absolute atomic E-state index is 6.02. The largest absolute Gasteiger partial charge is 0.264 e. The Morgan fingerprint density at radius 2 is 2.36 bits per heavy atom. The van der Waals surface area contributed by atoms with E-state index in [2.05, 4.69) is 15.0 Å². The smallest absolute Gasteiger partial charge is 0.124 e. The summed E-state index contributed by atoms with van der Waals surface area (Å²) in [6, 6.07) is 4.08. The zero-order valence-electron chi connectivity index (χ0n) is 7.09. The molecule has 2 unspecified atom stereocenters. The van der Waals surface area contributed by atoms with Crippen LogP contribution in [-0.2, 0) is 0 Å². The van der Waals surface area contributed by atoms with Crippen molar-refractivity contribution < 1.29 is 0 Å². The zero-order valence-corrected chi connectivity index (χ0v) is 8.66. The molecule has 3 nitrogen and oxygen atoms in total. The highest BCUT2D eigenvalue weighted by molar-refractivity contribution is 8.01. The Labute approximate surface area is 90.3 Å². The van der Waals surface area contributed by atoms with Crippen molar-refractivity contribution in [3.8, 4) is 0 Å². The highest BCUT2D eigenvalue weighted by Gasteiger charge is 2.37. The lowest BCUT2D eigenvalue weighted by Crippen LogP contribution is -2.19. The summed E-state index contributed by atoms with van der Waals surface area (Å²) in [5.41, 5.74) is 1.16. The minimum absolute atomic E-state index is 0.105. The molecule has 0 saturated carbocycles. The van der Waals surface area contributed by atoms with Gasteiger partial charge in [-0.2, -0.15) is 0 Å². The maximum Gasteiger partial charge on any atom is 0.124 e. The Morgan fingerprint density at radius 3 is 3.29 bits per heavy atom. The van der Waals surface area contributed by atoms with Gasteiger partial charge in [0, 0.05) is 11.8 Å². The van der Waals surface area contributed by atoms with Gasteiger partial charge in [-0.05, 0) is 6.07 Å². The summed E-state index contributed by atoms with van der Waals surface area (Å²) >= 11 is 7.66. The molecule has 0 N–H and O–H groups in total. The van der Waals surface area contributed by atoms with Gasteiger partial charge in [-0.1, -0.05) is 29.4 Å². The molecule has 70 valence electrons. The Bertz CT molecular complexity index is 443. The van der Waals surface area contributed by atoms with Crippen molar-refractivity contribution in [2.75, 3.05) is 0 Å². The second kappa shape index (κ2) is 3.07. The van der Waals surface area contributed by atoms with Gasteiger partial charge in [-0.25, -0.2) is 9.98 Å². The van der Waals surface area contributed by atoms with Crippen LogP contribution < -0.4 is 0 Å². The first-order chi connectivity index (χ1) is 6.86. The molecule has 0 aromatic carbocycles. The monoisotopic (exact) mass is 223 g/mol. The van der Waals surface area contributed by atoms with Crippen LogP contribution in [0.4, 0.5) is 0 Å². The number of hydrogen-bond acceptors (Lipinski definition) is 4. The third-order valence-electron chi connectivity index (χ3n) is 2.29. The standard InChI is InChI=1S/C9H6ClN3S/c10-8-7-6(12-4-13-8)5-2-1-3-11-9(5)14-7/h1-4,6-7H. The number of hydrogen-bond donors (Lipinski definition) is 0. The Balaban J connectivity index is 2.11. The van der Waals surface area contributed by atoms with Crippen molar-refractivity contribution in [1.29, 1.82) is 0 Å². The van der Waals surface area contributed by atoms with Gasteiger partial charge >= 0.3 is 0 Å². The molecule has 0 spiro atoms. The van der Waals surface area contributed by atoms with Crippen LogP contribution in [-0.4, -0.2) is 21.7 Å². The molecule has 1 aromatic heterocycles. The molecule has 0 radical (unpaired) electrons. The summed E-state index contributed by atoms with van der Waals surface area (Å²) in [5, 5.41) is 1.77. The lowest BCUT2D eigenvalue weighted by molar-refractivity contribution is 0.774. The highest BCUT2D eigenvalue weighted by atomic mass is 35.5. The first-order valence-corrected chi connectivity index (χ1v) is 5.48. The second-order valence-corrected chi connectivity index (χ2v) is 4.61. The van der Waals surface area contributed by atoms with Crippen molar-refractivity contribution in [2.45, 2.75) is 16.3 Å². The summed E-state index contributed by atoms with van der Waals surface area (Å²) in [5.74, 6) is 0.